The Morgan fingerprint density at radius 3 is 2.77 bits per heavy atom. The van der Waals surface area contributed by atoms with E-state index < -0.39 is 0 Å². The standard InChI is InChI=1S/C21H22ClNO3/c1-14(2)16-6-3-4-7-18(16)23-20(24)9-8-15-12-17(22)21-19(13-15)25-10-5-11-26-21/h3-4,6-9,12-14H,5,10-11H2,1-2H3,(H,23,24)/b9-8+. The lowest BCUT2D eigenvalue weighted by Crippen LogP contribution is -2.10. The maximum Gasteiger partial charge on any atom is 0.248 e. The van der Waals surface area contributed by atoms with Gasteiger partial charge in [0.1, 0.15) is 0 Å². The summed E-state index contributed by atoms with van der Waals surface area (Å²) in [6, 6.07) is 11.4. The Hall–Kier alpha value is -2.46. The Labute approximate surface area is 158 Å². The van der Waals surface area contributed by atoms with Gasteiger partial charge in [0.15, 0.2) is 11.5 Å². The van der Waals surface area contributed by atoms with E-state index in [1.54, 1.807) is 12.1 Å². The van der Waals surface area contributed by atoms with Crippen LogP contribution in [0.4, 0.5) is 5.69 Å². The van der Waals surface area contributed by atoms with Gasteiger partial charge in [-0.15, -0.1) is 0 Å². The predicted molar refractivity (Wildman–Crippen MR) is 105 cm³/mol. The molecule has 4 nitrogen and oxygen atoms in total. The Morgan fingerprint density at radius 2 is 1.96 bits per heavy atom. The highest BCUT2D eigenvalue weighted by molar-refractivity contribution is 6.32. The fourth-order valence-corrected chi connectivity index (χ4v) is 3.08. The van der Waals surface area contributed by atoms with Gasteiger partial charge in [-0.3, -0.25) is 4.79 Å². The molecule has 0 atom stereocenters. The second kappa shape index (κ2) is 8.28. The van der Waals surface area contributed by atoms with Crippen molar-refractivity contribution < 1.29 is 14.3 Å². The van der Waals surface area contributed by atoms with Gasteiger partial charge in [-0.2, -0.15) is 0 Å². The maximum absolute atomic E-state index is 12.3. The number of amides is 1. The molecule has 0 aromatic heterocycles. The quantitative estimate of drug-likeness (QED) is 0.744. The molecule has 1 heterocycles. The Bertz CT molecular complexity index is 830. The molecule has 136 valence electrons. The van der Waals surface area contributed by atoms with E-state index in [1.165, 1.54) is 6.08 Å². The van der Waals surface area contributed by atoms with Crippen LogP contribution in [0.3, 0.4) is 0 Å². The fraction of sp³-hybridized carbons (Fsp3) is 0.286. The lowest BCUT2D eigenvalue weighted by Gasteiger charge is -2.12. The summed E-state index contributed by atoms with van der Waals surface area (Å²) in [7, 11) is 0. The molecular formula is C21H22ClNO3. The molecule has 0 saturated heterocycles. The molecule has 0 unspecified atom stereocenters. The van der Waals surface area contributed by atoms with Crippen LogP contribution in [0, 0.1) is 0 Å². The molecular weight excluding hydrogens is 350 g/mol. The van der Waals surface area contributed by atoms with Crippen molar-refractivity contribution in [3.05, 3.63) is 58.6 Å². The van der Waals surface area contributed by atoms with E-state index in [0.717, 1.165) is 23.2 Å². The van der Waals surface area contributed by atoms with E-state index in [4.69, 9.17) is 21.1 Å². The minimum absolute atomic E-state index is 0.193. The number of carbonyl (C=O) groups excluding carboxylic acids is 1. The third-order valence-electron chi connectivity index (χ3n) is 4.09. The smallest absolute Gasteiger partial charge is 0.248 e. The van der Waals surface area contributed by atoms with Gasteiger partial charge in [0.2, 0.25) is 5.91 Å². The summed E-state index contributed by atoms with van der Waals surface area (Å²) in [5, 5.41) is 3.42. The van der Waals surface area contributed by atoms with Crippen LogP contribution in [0.25, 0.3) is 6.08 Å². The van der Waals surface area contributed by atoms with E-state index in [2.05, 4.69) is 19.2 Å². The molecule has 1 aliphatic rings. The van der Waals surface area contributed by atoms with Crippen molar-refractivity contribution >= 4 is 29.3 Å². The van der Waals surface area contributed by atoms with Crippen LogP contribution < -0.4 is 14.8 Å². The average Bonchev–Trinajstić information content (AvgIpc) is 2.86. The minimum atomic E-state index is -0.193. The first-order valence-electron chi connectivity index (χ1n) is 8.71. The first kappa shape index (κ1) is 18.3. The fourth-order valence-electron chi connectivity index (χ4n) is 2.81. The molecule has 3 rings (SSSR count). The number of para-hydroxylation sites is 1. The van der Waals surface area contributed by atoms with Crippen molar-refractivity contribution in [1.82, 2.24) is 0 Å². The summed E-state index contributed by atoms with van der Waals surface area (Å²) in [6.45, 7) is 5.36. The number of anilines is 1. The van der Waals surface area contributed by atoms with Crippen molar-refractivity contribution in [3.63, 3.8) is 0 Å². The summed E-state index contributed by atoms with van der Waals surface area (Å²) in [5.74, 6) is 1.31. The summed E-state index contributed by atoms with van der Waals surface area (Å²) in [4.78, 5) is 12.3. The summed E-state index contributed by atoms with van der Waals surface area (Å²) >= 11 is 6.28. The van der Waals surface area contributed by atoms with Gasteiger partial charge in [-0.25, -0.2) is 0 Å². The zero-order chi connectivity index (χ0) is 18.5. The highest BCUT2D eigenvalue weighted by atomic mass is 35.5. The van der Waals surface area contributed by atoms with E-state index in [0.29, 0.717) is 35.7 Å². The molecule has 0 bridgehead atoms. The highest BCUT2D eigenvalue weighted by Crippen LogP contribution is 2.38. The van der Waals surface area contributed by atoms with Crippen LogP contribution in [0.1, 0.15) is 37.3 Å². The van der Waals surface area contributed by atoms with Gasteiger partial charge in [0.05, 0.1) is 18.2 Å². The van der Waals surface area contributed by atoms with Crippen LogP contribution >= 0.6 is 11.6 Å². The van der Waals surface area contributed by atoms with E-state index in [1.807, 2.05) is 30.3 Å². The summed E-state index contributed by atoms with van der Waals surface area (Å²) in [5.41, 5.74) is 2.72. The molecule has 2 aromatic carbocycles. The lowest BCUT2D eigenvalue weighted by atomic mass is 10.0. The third kappa shape index (κ3) is 4.38. The van der Waals surface area contributed by atoms with Gasteiger partial charge in [-0.05, 0) is 41.3 Å². The number of hydrogen-bond donors (Lipinski definition) is 1. The molecule has 0 fully saturated rings. The van der Waals surface area contributed by atoms with Crippen LogP contribution in [-0.4, -0.2) is 19.1 Å². The van der Waals surface area contributed by atoms with Crippen molar-refractivity contribution in [3.8, 4) is 11.5 Å². The molecule has 0 saturated carbocycles. The normalized spacial score (nSPS) is 13.7. The molecule has 0 radical (unpaired) electrons. The zero-order valence-corrected chi connectivity index (χ0v) is 15.7. The maximum atomic E-state index is 12.3. The molecule has 26 heavy (non-hydrogen) atoms. The summed E-state index contributed by atoms with van der Waals surface area (Å²) in [6.07, 6.45) is 4.02. The largest absolute Gasteiger partial charge is 0.489 e. The topological polar surface area (TPSA) is 47.6 Å². The molecule has 1 amide bonds. The van der Waals surface area contributed by atoms with Crippen LogP contribution in [0.5, 0.6) is 11.5 Å². The first-order chi connectivity index (χ1) is 12.5. The monoisotopic (exact) mass is 371 g/mol. The first-order valence-corrected chi connectivity index (χ1v) is 9.09. The van der Waals surface area contributed by atoms with Crippen molar-refractivity contribution in [1.29, 1.82) is 0 Å². The molecule has 1 N–H and O–H groups in total. The van der Waals surface area contributed by atoms with Crippen LogP contribution in [0.2, 0.25) is 5.02 Å². The molecule has 0 spiro atoms. The van der Waals surface area contributed by atoms with Gasteiger partial charge in [0.25, 0.3) is 0 Å². The van der Waals surface area contributed by atoms with Crippen molar-refractivity contribution in [2.24, 2.45) is 0 Å². The average molecular weight is 372 g/mol. The third-order valence-corrected chi connectivity index (χ3v) is 4.37. The number of carbonyl (C=O) groups is 1. The number of nitrogens with one attached hydrogen (secondary N) is 1. The van der Waals surface area contributed by atoms with Crippen molar-refractivity contribution in [2.75, 3.05) is 18.5 Å². The van der Waals surface area contributed by atoms with Gasteiger partial charge < -0.3 is 14.8 Å². The lowest BCUT2D eigenvalue weighted by molar-refractivity contribution is -0.111. The van der Waals surface area contributed by atoms with Gasteiger partial charge >= 0.3 is 0 Å². The van der Waals surface area contributed by atoms with Crippen molar-refractivity contribution in [2.45, 2.75) is 26.2 Å². The summed E-state index contributed by atoms with van der Waals surface area (Å²) < 4.78 is 11.3. The molecule has 2 aromatic rings. The number of ether oxygens (including phenoxy) is 2. The van der Waals surface area contributed by atoms with Crippen LogP contribution in [0.15, 0.2) is 42.5 Å². The second-order valence-electron chi connectivity index (χ2n) is 6.44. The second-order valence-corrected chi connectivity index (χ2v) is 6.85. The Kier molecular flexibility index (Phi) is 5.84. The van der Waals surface area contributed by atoms with Gasteiger partial charge in [0, 0.05) is 18.2 Å². The van der Waals surface area contributed by atoms with E-state index in [-0.39, 0.29) is 5.91 Å². The van der Waals surface area contributed by atoms with E-state index >= 15 is 0 Å². The number of halogens is 1. The Morgan fingerprint density at radius 1 is 1.19 bits per heavy atom. The SMILES string of the molecule is CC(C)c1ccccc1NC(=O)/C=C/c1cc(Cl)c2c(c1)OCCCO2. The molecule has 5 heteroatoms. The Balaban J connectivity index is 1.75. The van der Waals surface area contributed by atoms with Gasteiger partial charge in [-0.1, -0.05) is 43.6 Å². The van der Waals surface area contributed by atoms with E-state index in [9.17, 15) is 4.79 Å². The number of hydrogen-bond acceptors (Lipinski definition) is 3. The van der Waals surface area contributed by atoms with Crippen LogP contribution in [-0.2, 0) is 4.79 Å². The predicted octanol–water partition coefficient (Wildman–Crippen LogP) is 5.28. The molecule has 0 aliphatic carbocycles. The number of fused-ring (bicyclic) bond motifs is 1. The highest BCUT2D eigenvalue weighted by Gasteiger charge is 2.15. The molecule has 1 aliphatic heterocycles. The number of benzene rings is 2. The number of rotatable bonds is 4. The zero-order valence-electron chi connectivity index (χ0n) is 14.9. The minimum Gasteiger partial charge on any atom is -0.489 e.